The van der Waals surface area contributed by atoms with Crippen LogP contribution in [0.5, 0.6) is 0 Å². The van der Waals surface area contributed by atoms with E-state index in [1.807, 2.05) is 6.92 Å². The number of hydrogen-bond acceptors (Lipinski definition) is 3. The molecule has 0 radical (unpaired) electrons. The van der Waals surface area contributed by atoms with Crippen LogP contribution in [0.1, 0.15) is 42.7 Å². The summed E-state index contributed by atoms with van der Waals surface area (Å²) in [6.07, 6.45) is 2.57. The summed E-state index contributed by atoms with van der Waals surface area (Å²) >= 11 is 0. The summed E-state index contributed by atoms with van der Waals surface area (Å²) < 4.78 is 14.5. The highest BCUT2D eigenvalue weighted by atomic mass is 19.1. The van der Waals surface area contributed by atoms with Gasteiger partial charge in [0.1, 0.15) is 11.4 Å². The number of aryl methyl sites for hydroxylation is 1. The van der Waals surface area contributed by atoms with Crippen LogP contribution in [0, 0.1) is 12.7 Å². The van der Waals surface area contributed by atoms with Crippen LogP contribution in [0.4, 0.5) is 4.39 Å². The molecule has 1 heterocycles. The van der Waals surface area contributed by atoms with Crippen LogP contribution in [-0.4, -0.2) is 32.3 Å². The second-order valence-corrected chi connectivity index (χ2v) is 5.92. The number of nitrogens with zero attached hydrogens (tertiary/aromatic N) is 2. The van der Waals surface area contributed by atoms with Crippen molar-refractivity contribution in [3.63, 3.8) is 0 Å². The van der Waals surface area contributed by atoms with E-state index in [0.717, 1.165) is 0 Å². The van der Waals surface area contributed by atoms with Gasteiger partial charge in [-0.3, -0.25) is 4.79 Å². The highest BCUT2D eigenvalue weighted by Gasteiger charge is 2.35. The van der Waals surface area contributed by atoms with Crippen molar-refractivity contribution < 1.29 is 19.1 Å². The van der Waals surface area contributed by atoms with Gasteiger partial charge in [-0.1, -0.05) is 13.3 Å². The molecule has 1 aromatic heterocycles. The van der Waals surface area contributed by atoms with Gasteiger partial charge in [-0.15, -0.1) is 0 Å². The Balaban J connectivity index is 2.27. The lowest BCUT2D eigenvalue weighted by Gasteiger charge is -2.25. The largest absolute Gasteiger partial charge is 0.480 e. The fourth-order valence-corrected chi connectivity index (χ4v) is 2.44. The maximum absolute atomic E-state index is 13.0. The van der Waals surface area contributed by atoms with Crippen molar-refractivity contribution in [3.05, 3.63) is 47.5 Å². The van der Waals surface area contributed by atoms with E-state index in [1.54, 1.807) is 25.3 Å². The number of amides is 1. The molecule has 2 rings (SSSR count). The first-order valence-corrected chi connectivity index (χ1v) is 7.65. The van der Waals surface area contributed by atoms with E-state index in [2.05, 4.69) is 10.4 Å². The standard InChI is InChI=1S/C17H20FN3O3/c1-4-9-17(3,16(23)24)19-15(22)14-11(2)10-21(20-14)13-7-5-12(18)6-8-13/h5-8,10H,4,9H2,1-3H3,(H,19,22)(H,23,24). The van der Waals surface area contributed by atoms with Crippen LogP contribution in [0.25, 0.3) is 5.69 Å². The van der Waals surface area contributed by atoms with Gasteiger partial charge in [-0.2, -0.15) is 5.10 Å². The molecule has 6 nitrogen and oxygen atoms in total. The summed E-state index contributed by atoms with van der Waals surface area (Å²) in [5.41, 5.74) is -0.00477. The van der Waals surface area contributed by atoms with E-state index in [-0.39, 0.29) is 11.5 Å². The van der Waals surface area contributed by atoms with E-state index < -0.39 is 17.4 Å². The molecule has 0 fully saturated rings. The molecule has 1 atom stereocenters. The lowest BCUT2D eigenvalue weighted by Crippen LogP contribution is -2.52. The van der Waals surface area contributed by atoms with Gasteiger partial charge < -0.3 is 10.4 Å². The number of carboxylic acid groups (broad SMARTS) is 1. The smallest absolute Gasteiger partial charge is 0.329 e. The highest BCUT2D eigenvalue weighted by molar-refractivity contribution is 5.97. The highest BCUT2D eigenvalue weighted by Crippen LogP contribution is 2.16. The molecule has 0 aliphatic carbocycles. The molecule has 0 saturated heterocycles. The first-order valence-electron chi connectivity index (χ1n) is 7.65. The summed E-state index contributed by atoms with van der Waals surface area (Å²) in [5, 5.41) is 16.1. The van der Waals surface area contributed by atoms with Gasteiger partial charge >= 0.3 is 5.97 Å². The molecule has 0 saturated carbocycles. The average molecular weight is 333 g/mol. The third kappa shape index (κ3) is 3.61. The fraction of sp³-hybridized carbons (Fsp3) is 0.353. The number of carbonyl (C=O) groups is 2. The predicted molar refractivity (Wildman–Crippen MR) is 86.7 cm³/mol. The van der Waals surface area contributed by atoms with Crippen molar-refractivity contribution in [2.45, 2.75) is 39.2 Å². The maximum atomic E-state index is 13.0. The number of carbonyl (C=O) groups excluding carboxylic acids is 1. The van der Waals surface area contributed by atoms with Gasteiger partial charge in [0.15, 0.2) is 5.69 Å². The quantitative estimate of drug-likeness (QED) is 0.851. The van der Waals surface area contributed by atoms with Gasteiger partial charge in [-0.05, 0) is 44.5 Å². The predicted octanol–water partition coefficient (Wildman–Crippen LogP) is 2.69. The number of aromatic nitrogens is 2. The molecule has 2 N–H and O–H groups in total. The normalized spacial score (nSPS) is 13.3. The Hall–Kier alpha value is -2.70. The molecule has 1 amide bonds. The van der Waals surface area contributed by atoms with E-state index in [4.69, 9.17) is 0 Å². The first-order chi connectivity index (χ1) is 11.3. The third-order valence-electron chi connectivity index (χ3n) is 3.81. The van der Waals surface area contributed by atoms with Crippen molar-refractivity contribution >= 4 is 11.9 Å². The van der Waals surface area contributed by atoms with Crippen molar-refractivity contribution in [1.82, 2.24) is 15.1 Å². The lowest BCUT2D eigenvalue weighted by molar-refractivity contribution is -0.144. The van der Waals surface area contributed by atoms with Crippen molar-refractivity contribution in [2.75, 3.05) is 0 Å². The van der Waals surface area contributed by atoms with E-state index >= 15 is 0 Å². The number of carboxylic acids is 1. The zero-order valence-corrected chi connectivity index (χ0v) is 13.8. The average Bonchev–Trinajstić information content (AvgIpc) is 2.90. The number of hydrogen-bond donors (Lipinski definition) is 2. The molecule has 0 aliphatic heterocycles. The molecule has 0 aliphatic rings. The van der Waals surface area contributed by atoms with Crippen LogP contribution < -0.4 is 5.32 Å². The molecule has 2 aromatic rings. The number of benzene rings is 1. The minimum absolute atomic E-state index is 0.142. The monoisotopic (exact) mass is 333 g/mol. The Morgan fingerprint density at radius 1 is 1.33 bits per heavy atom. The molecule has 24 heavy (non-hydrogen) atoms. The van der Waals surface area contributed by atoms with Gasteiger partial charge in [0.2, 0.25) is 0 Å². The number of rotatable bonds is 6. The summed E-state index contributed by atoms with van der Waals surface area (Å²) in [6.45, 7) is 5.03. The van der Waals surface area contributed by atoms with Crippen molar-refractivity contribution in [3.8, 4) is 5.69 Å². The summed E-state index contributed by atoms with van der Waals surface area (Å²) in [4.78, 5) is 23.9. The Bertz CT molecular complexity index is 755. The van der Waals surface area contributed by atoms with Crippen LogP contribution in [-0.2, 0) is 4.79 Å². The molecule has 0 bridgehead atoms. The minimum Gasteiger partial charge on any atom is -0.480 e. The summed E-state index contributed by atoms with van der Waals surface area (Å²) in [6, 6.07) is 5.69. The van der Waals surface area contributed by atoms with Gasteiger partial charge in [0, 0.05) is 11.8 Å². The van der Waals surface area contributed by atoms with Crippen LogP contribution in [0.15, 0.2) is 30.5 Å². The second kappa shape index (κ2) is 6.82. The minimum atomic E-state index is -1.35. The molecular formula is C17H20FN3O3. The lowest BCUT2D eigenvalue weighted by atomic mass is 9.96. The van der Waals surface area contributed by atoms with Gasteiger partial charge in [-0.25, -0.2) is 13.9 Å². The first kappa shape index (κ1) is 17.7. The van der Waals surface area contributed by atoms with Crippen LogP contribution >= 0.6 is 0 Å². The molecule has 128 valence electrons. The molecule has 0 spiro atoms. The topological polar surface area (TPSA) is 84.2 Å². The zero-order valence-electron chi connectivity index (χ0n) is 13.8. The van der Waals surface area contributed by atoms with Crippen molar-refractivity contribution in [2.24, 2.45) is 0 Å². The third-order valence-corrected chi connectivity index (χ3v) is 3.81. The Morgan fingerprint density at radius 2 is 1.96 bits per heavy atom. The second-order valence-electron chi connectivity index (χ2n) is 5.92. The summed E-state index contributed by atoms with van der Waals surface area (Å²) in [7, 11) is 0. The zero-order chi connectivity index (χ0) is 17.9. The maximum Gasteiger partial charge on any atom is 0.329 e. The van der Waals surface area contributed by atoms with Crippen LogP contribution in [0.3, 0.4) is 0 Å². The number of nitrogens with one attached hydrogen (secondary N) is 1. The molecule has 7 heteroatoms. The number of halogens is 1. The van der Waals surface area contributed by atoms with E-state index in [0.29, 0.717) is 24.1 Å². The van der Waals surface area contributed by atoms with Crippen molar-refractivity contribution in [1.29, 1.82) is 0 Å². The molecule has 1 unspecified atom stereocenters. The fourth-order valence-electron chi connectivity index (χ4n) is 2.44. The van der Waals surface area contributed by atoms with Gasteiger partial charge in [0.25, 0.3) is 5.91 Å². The Morgan fingerprint density at radius 3 is 2.50 bits per heavy atom. The van der Waals surface area contributed by atoms with Gasteiger partial charge in [0.05, 0.1) is 5.69 Å². The Kier molecular flexibility index (Phi) is 5.02. The van der Waals surface area contributed by atoms with E-state index in [9.17, 15) is 19.1 Å². The van der Waals surface area contributed by atoms with Crippen LogP contribution in [0.2, 0.25) is 0 Å². The molecular weight excluding hydrogens is 313 g/mol. The summed E-state index contributed by atoms with van der Waals surface area (Å²) in [5.74, 6) is -2.00. The number of aliphatic carboxylic acids is 1. The van der Waals surface area contributed by atoms with E-state index in [1.165, 1.54) is 23.7 Å². The SMILES string of the molecule is CCCC(C)(NC(=O)c1nn(-c2ccc(F)cc2)cc1C)C(=O)O. The molecule has 1 aromatic carbocycles. The Labute approximate surface area is 139 Å².